The lowest BCUT2D eigenvalue weighted by atomic mass is 10.0. The van der Waals surface area contributed by atoms with Crippen LogP contribution in [0.4, 0.5) is 0 Å². The van der Waals surface area contributed by atoms with Crippen LogP contribution in [0.1, 0.15) is 0 Å². The molecule has 0 N–H and O–H groups in total. The highest BCUT2D eigenvalue weighted by Crippen LogP contribution is 2.42. The van der Waals surface area contributed by atoms with Crippen molar-refractivity contribution in [1.29, 1.82) is 0 Å². The number of para-hydroxylation sites is 6. The number of hydrogen-bond donors (Lipinski definition) is 0. The van der Waals surface area contributed by atoms with Gasteiger partial charge in [-0.1, -0.05) is 127 Å². The summed E-state index contributed by atoms with van der Waals surface area (Å²) in [6.07, 6.45) is 0. The van der Waals surface area contributed by atoms with E-state index in [1.54, 1.807) is 0 Å². The smallest absolute Gasteiger partial charge is 0.165 e. The molecule has 274 valence electrons. The second kappa shape index (κ2) is 12.2. The zero-order chi connectivity index (χ0) is 38.6. The molecule has 5 heteroatoms. The maximum absolute atomic E-state index is 5.55. The van der Waals surface area contributed by atoms with Gasteiger partial charge in [-0.25, -0.2) is 9.97 Å². The fraction of sp³-hybridized carbons (Fsp3) is 0. The van der Waals surface area contributed by atoms with Crippen LogP contribution in [0, 0.1) is 0 Å². The molecule has 0 unspecified atom stereocenters. The van der Waals surface area contributed by atoms with Gasteiger partial charge in [-0.15, -0.1) is 0 Å². The standard InChI is InChI=1S/C54H33N5/c1-2-15-36(16-3-1)57-48-25-13-8-20-41(48)43-32-35(27-30-49(43)57)53-54(56-45-22-10-9-21-44(45)55-53)59-50-31-26-34-14-4-5-17-38(34)52(50)42-29-28-37(33-51(42)59)58-46-23-11-6-18-39(46)40-19-7-12-24-47(40)58/h1-33H. The van der Waals surface area contributed by atoms with Crippen LogP contribution in [0.15, 0.2) is 200 Å². The van der Waals surface area contributed by atoms with Gasteiger partial charge in [-0.2, -0.15) is 0 Å². The lowest BCUT2D eigenvalue weighted by Gasteiger charge is -2.15. The van der Waals surface area contributed by atoms with Crippen LogP contribution in [-0.2, 0) is 0 Å². The van der Waals surface area contributed by atoms with Gasteiger partial charge in [0.15, 0.2) is 5.82 Å². The quantitative estimate of drug-likeness (QED) is 0.180. The number of hydrogen-bond acceptors (Lipinski definition) is 2. The fourth-order valence-corrected chi connectivity index (χ4v) is 9.66. The Bertz CT molecular complexity index is 3800. The molecule has 0 amide bonds. The van der Waals surface area contributed by atoms with Gasteiger partial charge < -0.3 is 9.13 Å². The van der Waals surface area contributed by atoms with E-state index in [-0.39, 0.29) is 0 Å². The van der Waals surface area contributed by atoms with Crippen molar-refractivity contribution in [2.24, 2.45) is 0 Å². The normalized spacial score (nSPS) is 12.1. The van der Waals surface area contributed by atoms with Gasteiger partial charge >= 0.3 is 0 Å². The monoisotopic (exact) mass is 751 g/mol. The summed E-state index contributed by atoms with van der Waals surface area (Å²) in [5.41, 5.74) is 12.6. The van der Waals surface area contributed by atoms with Gasteiger partial charge in [0.2, 0.25) is 0 Å². The van der Waals surface area contributed by atoms with Gasteiger partial charge in [-0.05, 0) is 83.6 Å². The second-order valence-electron chi connectivity index (χ2n) is 15.4. The molecule has 0 saturated heterocycles. The Hall–Kier alpha value is -8.02. The molecule has 0 radical (unpaired) electrons. The van der Waals surface area contributed by atoms with E-state index in [0.717, 1.165) is 56.0 Å². The van der Waals surface area contributed by atoms with Crippen LogP contribution in [0.3, 0.4) is 0 Å². The number of benzene rings is 9. The molecule has 0 bridgehead atoms. The molecule has 13 rings (SSSR count). The Kier molecular flexibility index (Phi) is 6.66. The average molecular weight is 752 g/mol. The van der Waals surface area contributed by atoms with Gasteiger partial charge in [0, 0.05) is 49.3 Å². The molecule has 0 fully saturated rings. The Morgan fingerprint density at radius 2 is 0.864 bits per heavy atom. The predicted molar refractivity (Wildman–Crippen MR) is 245 cm³/mol. The van der Waals surface area contributed by atoms with Crippen molar-refractivity contribution in [3.63, 3.8) is 0 Å². The van der Waals surface area contributed by atoms with Crippen LogP contribution in [-0.4, -0.2) is 23.7 Å². The van der Waals surface area contributed by atoms with E-state index in [0.29, 0.717) is 0 Å². The molecule has 59 heavy (non-hydrogen) atoms. The van der Waals surface area contributed by atoms with Crippen molar-refractivity contribution in [2.45, 2.75) is 0 Å². The highest BCUT2D eigenvalue weighted by molar-refractivity contribution is 6.22. The van der Waals surface area contributed by atoms with E-state index < -0.39 is 0 Å². The van der Waals surface area contributed by atoms with Crippen molar-refractivity contribution >= 4 is 87.2 Å². The lowest BCUT2D eigenvalue weighted by molar-refractivity contribution is 1.08. The van der Waals surface area contributed by atoms with Crippen molar-refractivity contribution in [3.05, 3.63) is 200 Å². The molecule has 0 atom stereocenters. The highest BCUT2D eigenvalue weighted by atomic mass is 15.1. The first kappa shape index (κ1) is 32.1. The zero-order valence-corrected chi connectivity index (χ0v) is 31.8. The van der Waals surface area contributed by atoms with Crippen LogP contribution in [0.2, 0.25) is 0 Å². The van der Waals surface area contributed by atoms with E-state index in [1.807, 2.05) is 12.1 Å². The Balaban J connectivity index is 1.14. The van der Waals surface area contributed by atoms with Crippen LogP contribution in [0.5, 0.6) is 0 Å². The molecule has 9 aromatic carbocycles. The number of rotatable bonds is 4. The molecule has 0 aliphatic heterocycles. The minimum atomic E-state index is 0.796. The van der Waals surface area contributed by atoms with E-state index in [9.17, 15) is 0 Å². The summed E-state index contributed by atoms with van der Waals surface area (Å²) < 4.78 is 7.12. The van der Waals surface area contributed by atoms with Crippen molar-refractivity contribution in [2.75, 3.05) is 0 Å². The third-order valence-electron chi connectivity index (χ3n) is 12.2. The molecular weight excluding hydrogens is 719 g/mol. The first-order valence-corrected chi connectivity index (χ1v) is 20.1. The summed E-state index contributed by atoms with van der Waals surface area (Å²) in [4.78, 5) is 11.0. The summed E-state index contributed by atoms with van der Waals surface area (Å²) >= 11 is 0. The van der Waals surface area contributed by atoms with Crippen molar-refractivity contribution < 1.29 is 0 Å². The zero-order valence-electron chi connectivity index (χ0n) is 31.8. The molecule has 0 aliphatic rings. The molecule has 4 aromatic heterocycles. The highest BCUT2D eigenvalue weighted by Gasteiger charge is 2.23. The Labute approximate surface area is 338 Å². The molecule has 13 aromatic rings. The van der Waals surface area contributed by atoms with E-state index in [4.69, 9.17) is 9.97 Å². The first-order chi connectivity index (χ1) is 29.3. The summed E-state index contributed by atoms with van der Waals surface area (Å²) in [6, 6.07) is 71.8. The predicted octanol–water partition coefficient (Wildman–Crippen LogP) is 13.7. The number of nitrogens with zero attached hydrogens (tertiary/aromatic N) is 5. The average Bonchev–Trinajstić information content (AvgIpc) is 3.94. The third kappa shape index (κ3) is 4.61. The summed E-state index contributed by atoms with van der Waals surface area (Å²) in [5, 5.41) is 9.63. The summed E-state index contributed by atoms with van der Waals surface area (Å²) in [7, 11) is 0. The molecule has 0 saturated carbocycles. The molecule has 5 nitrogen and oxygen atoms in total. The molecule has 0 spiro atoms. The summed E-state index contributed by atoms with van der Waals surface area (Å²) in [5.74, 6) is 0.796. The topological polar surface area (TPSA) is 40.6 Å². The van der Waals surface area contributed by atoms with E-state index >= 15 is 0 Å². The molecule has 4 heterocycles. The third-order valence-corrected chi connectivity index (χ3v) is 12.2. The van der Waals surface area contributed by atoms with Crippen LogP contribution in [0.25, 0.3) is 116 Å². The van der Waals surface area contributed by atoms with Gasteiger partial charge in [-0.3, -0.25) is 4.57 Å². The largest absolute Gasteiger partial charge is 0.309 e. The van der Waals surface area contributed by atoms with E-state index in [1.165, 1.54) is 59.6 Å². The van der Waals surface area contributed by atoms with E-state index in [2.05, 4.69) is 202 Å². The lowest BCUT2D eigenvalue weighted by Crippen LogP contribution is -2.04. The Morgan fingerprint density at radius 1 is 0.305 bits per heavy atom. The van der Waals surface area contributed by atoms with Crippen LogP contribution >= 0.6 is 0 Å². The van der Waals surface area contributed by atoms with Gasteiger partial charge in [0.25, 0.3) is 0 Å². The number of fused-ring (bicyclic) bond motifs is 12. The SMILES string of the molecule is c1ccc(-n2c3ccccc3c3cc(-c4nc5ccccc5nc4-n4c5cc(-n6c7ccccc7c7ccccc76)ccc5c5c6ccccc6ccc54)ccc32)cc1. The first-order valence-electron chi connectivity index (χ1n) is 20.1. The Morgan fingerprint density at radius 3 is 1.59 bits per heavy atom. The van der Waals surface area contributed by atoms with Crippen molar-refractivity contribution in [1.82, 2.24) is 23.7 Å². The summed E-state index contributed by atoms with van der Waals surface area (Å²) in [6.45, 7) is 0. The molecule has 0 aliphatic carbocycles. The maximum Gasteiger partial charge on any atom is 0.165 e. The van der Waals surface area contributed by atoms with Crippen LogP contribution < -0.4 is 0 Å². The maximum atomic E-state index is 5.55. The molecular formula is C54H33N5. The van der Waals surface area contributed by atoms with Gasteiger partial charge in [0.1, 0.15) is 5.69 Å². The van der Waals surface area contributed by atoms with Crippen molar-refractivity contribution in [3.8, 4) is 28.5 Å². The fourth-order valence-electron chi connectivity index (χ4n) is 9.66. The minimum absolute atomic E-state index is 0.796. The van der Waals surface area contributed by atoms with Gasteiger partial charge in [0.05, 0.1) is 44.1 Å². The second-order valence-corrected chi connectivity index (χ2v) is 15.4. The number of aromatic nitrogens is 5. The minimum Gasteiger partial charge on any atom is -0.309 e.